The Morgan fingerprint density at radius 2 is 2.22 bits per heavy atom. The topological polar surface area (TPSA) is 79.9 Å². The zero-order valence-electron chi connectivity index (χ0n) is 10.1. The van der Waals surface area contributed by atoms with Crippen LogP contribution in [0.15, 0.2) is 4.79 Å². The molecule has 0 amide bonds. The molecule has 5 nitrogen and oxygen atoms in total. The fraction of sp³-hybridized carbons (Fsp3) is 0.636. The Hall–Kier alpha value is -0.440. The van der Waals surface area contributed by atoms with E-state index in [0.29, 0.717) is 15.8 Å². The van der Waals surface area contributed by atoms with Gasteiger partial charge in [0.05, 0.1) is 20.8 Å². The van der Waals surface area contributed by atoms with Gasteiger partial charge in [0, 0.05) is 5.92 Å². The lowest BCUT2D eigenvalue weighted by Crippen LogP contribution is -2.20. The quantitative estimate of drug-likeness (QED) is 0.798. The predicted octanol–water partition coefficient (Wildman–Crippen LogP) is 1.23. The highest BCUT2D eigenvalue weighted by Gasteiger charge is 2.31. The lowest BCUT2D eigenvalue weighted by Gasteiger charge is -2.09. The molecule has 100 valence electrons. The molecular weight excluding hydrogens is 367 g/mol. The Bertz CT molecular complexity index is 609. The summed E-state index contributed by atoms with van der Waals surface area (Å²) in [4.78, 5) is 19.0. The van der Waals surface area contributed by atoms with Crippen molar-refractivity contribution in [1.82, 2.24) is 9.97 Å². The molecular formula is C11H15IN2O3S. The van der Waals surface area contributed by atoms with E-state index in [4.69, 9.17) is 0 Å². The number of sulfone groups is 1. The van der Waals surface area contributed by atoms with Crippen LogP contribution in [0.2, 0.25) is 0 Å². The van der Waals surface area contributed by atoms with Crippen LogP contribution in [0.3, 0.4) is 0 Å². The lowest BCUT2D eigenvalue weighted by atomic mass is 10.1. The van der Waals surface area contributed by atoms with Crippen molar-refractivity contribution in [3.8, 4) is 0 Å². The molecule has 1 aliphatic heterocycles. The number of halogens is 1. The first-order chi connectivity index (χ1) is 8.43. The molecule has 0 radical (unpaired) electrons. The second-order valence-electron chi connectivity index (χ2n) is 4.56. The van der Waals surface area contributed by atoms with E-state index in [1.165, 1.54) is 0 Å². The SMILES string of the molecule is CCCc1nc(C2CCS(=O)(=O)C2)[nH]c(=O)c1I. The van der Waals surface area contributed by atoms with Crippen molar-refractivity contribution in [2.24, 2.45) is 0 Å². The maximum Gasteiger partial charge on any atom is 0.264 e. The second-order valence-corrected chi connectivity index (χ2v) is 7.87. The van der Waals surface area contributed by atoms with Crippen LogP contribution >= 0.6 is 22.6 Å². The van der Waals surface area contributed by atoms with E-state index in [1.54, 1.807) is 0 Å². The van der Waals surface area contributed by atoms with Gasteiger partial charge in [0.25, 0.3) is 5.56 Å². The molecule has 0 aliphatic carbocycles. The summed E-state index contributed by atoms with van der Waals surface area (Å²) in [6.07, 6.45) is 2.21. The Morgan fingerprint density at radius 3 is 2.78 bits per heavy atom. The van der Waals surface area contributed by atoms with Gasteiger partial charge in [0.2, 0.25) is 0 Å². The number of hydrogen-bond acceptors (Lipinski definition) is 4. The fourth-order valence-corrected chi connectivity index (χ4v) is 4.40. The van der Waals surface area contributed by atoms with Crippen molar-refractivity contribution in [2.75, 3.05) is 11.5 Å². The van der Waals surface area contributed by atoms with Gasteiger partial charge in [-0.15, -0.1) is 0 Å². The van der Waals surface area contributed by atoms with Crippen LogP contribution in [-0.4, -0.2) is 29.9 Å². The number of aromatic nitrogens is 2. The number of nitrogens with one attached hydrogen (secondary N) is 1. The van der Waals surface area contributed by atoms with Gasteiger partial charge in [0.1, 0.15) is 5.82 Å². The molecule has 0 aromatic carbocycles. The van der Waals surface area contributed by atoms with Gasteiger partial charge in [-0.2, -0.15) is 0 Å². The van der Waals surface area contributed by atoms with E-state index in [2.05, 4.69) is 9.97 Å². The van der Waals surface area contributed by atoms with E-state index >= 15 is 0 Å². The van der Waals surface area contributed by atoms with Crippen LogP contribution < -0.4 is 5.56 Å². The van der Waals surface area contributed by atoms with E-state index in [1.807, 2.05) is 29.5 Å². The number of hydrogen-bond donors (Lipinski definition) is 1. The molecule has 1 aromatic heterocycles. The van der Waals surface area contributed by atoms with Crippen molar-refractivity contribution >= 4 is 32.4 Å². The summed E-state index contributed by atoms with van der Waals surface area (Å²) in [5.41, 5.74) is 0.620. The van der Waals surface area contributed by atoms with Crippen LogP contribution in [0.4, 0.5) is 0 Å². The van der Waals surface area contributed by atoms with Crippen molar-refractivity contribution < 1.29 is 8.42 Å². The van der Waals surface area contributed by atoms with Gasteiger partial charge in [-0.3, -0.25) is 4.79 Å². The zero-order chi connectivity index (χ0) is 13.3. The number of H-pyrrole nitrogens is 1. The number of nitrogens with zero attached hydrogens (tertiary/aromatic N) is 1. The Morgan fingerprint density at radius 1 is 1.50 bits per heavy atom. The molecule has 1 aromatic rings. The van der Waals surface area contributed by atoms with Gasteiger partial charge < -0.3 is 4.98 Å². The van der Waals surface area contributed by atoms with Crippen molar-refractivity contribution in [2.45, 2.75) is 32.1 Å². The molecule has 1 aliphatic rings. The van der Waals surface area contributed by atoms with Crippen molar-refractivity contribution in [3.05, 3.63) is 25.4 Å². The highest BCUT2D eigenvalue weighted by Crippen LogP contribution is 2.26. The molecule has 0 saturated carbocycles. The maximum absolute atomic E-state index is 11.8. The molecule has 2 rings (SSSR count). The molecule has 1 N–H and O–H groups in total. The third-order valence-electron chi connectivity index (χ3n) is 3.06. The molecule has 0 spiro atoms. The van der Waals surface area contributed by atoms with E-state index < -0.39 is 9.84 Å². The summed E-state index contributed by atoms with van der Waals surface area (Å²) in [6, 6.07) is 0. The van der Waals surface area contributed by atoms with Crippen molar-refractivity contribution in [1.29, 1.82) is 0 Å². The molecule has 18 heavy (non-hydrogen) atoms. The van der Waals surface area contributed by atoms with Crippen LogP contribution in [-0.2, 0) is 16.3 Å². The third-order valence-corrected chi connectivity index (χ3v) is 5.94. The normalized spacial score (nSPS) is 22.2. The third kappa shape index (κ3) is 2.93. The first-order valence-corrected chi connectivity index (χ1v) is 8.82. The number of rotatable bonds is 3. The van der Waals surface area contributed by atoms with E-state index in [-0.39, 0.29) is 23.0 Å². The summed E-state index contributed by atoms with van der Waals surface area (Å²) in [5.74, 6) is 0.665. The summed E-state index contributed by atoms with van der Waals surface area (Å²) in [5, 5.41) is 0. The fourth-order valence-electron chi connectivity index (χ4n) is 2.13. The average molecular weight is 382 g/mol. The summed E-state index contributed by atoms with van der Waals surface area (Å²) >= 11 is 1.99. The average Bonchev–Trinajstić information content (AvgIpc) is 2.65. The monoisotopic (exact) mass is 382 g/mol. The van der Waals surface area contributed by atoms with Gasteiger partial charge in [-0.05, 0) is 35.4 Å². The molecule has 0 bridgehead atoms. The van der Waals surface area contributed by atoms with Gasteiger partial charge in [-0.1, -0.05) is 13.3 Å². The molecule has 1 fully saturated rings. The van der Waals surface area contributed by atoms with E-state index in [0.717, 1.165) is 18.5 Å². The Labute approximate surface area is 119 Å². The molecule has 1 unspecified atom stereocenters. The Balaban J connectivity index is 2.38. The smallest absolute Gasteiger partial charge is 0.264 e. The zero-order valence-corrected chi connectivity index (χ0v) is 13.0. The maximum atomic E-state index is 11.8. The Kier molecular flexibility index (Phi) is 4.10. The highest BCUT2D eigenvalue weighted by atomic mass is 127. The second kappa shape index (κ2) is 5.28. The molecule has 1 atom stereocenters. The standard InChI is InChI=1S/C11H15IN2O3S/c1-2-3-8-9(12)11(15)14-10(13-8)7-4-5-18(16,17)6-7/h7H,2-6H2,1H3,(H,13,14,15). The van der Waals surface area contributed by atoms with Crippen LogP contribution in [0, 0.1) is 3.57 Å². The first-order valence-electron chi connectivity index (χ1n) is 5.92. The minimum atomic E-state index is -2.96. The number of aromatic amines is 1. The van der Waals surface area contributed by atoms with E-state index in [9.17, 15) is 13.2 Å². The predicted molar refractivity (Wildman–Crippen MR) is 77.6 cm³/mol. The van der Waals surface area contributed by atoms with Gasteiger partial charge >= 0.3 is 0 Å². The first kappa shape index (κ1) is 14.0. The van der Waals surface area contributed by atoms with Crippen LogP contribution in [0.5, 0.6) is 0 Å². The lowest BCUT2D eigenvalue weighted by molar-refractivity contribution is 0.600. The summed E-state index contributed by atoms with van der Waals surface area (Å²) in [7, 11) is -2.96. The molecule has 7 heteroatoms. The molecule has 1 saturated heterocycles. The number of aryl methyl sites for hydroxylation is 1. The van der Waals surface area contributed by atoms with Crippen LogP contribution in [0.25, 0.3) is 0 Å². The largest absolute Gasteiger partial charge is 0.309 e. The minimum absolute atomic E-state index is 0.0993. The van der Waals surface area contributed by atoms with Gasteiger partial charge in [-0.25, -0.2) is 13.4 Å². The molecule has 2 heterocycles. The minimum Gasteiger partial charge on any atom is -0.309 e. The van der Waals surface area contributed by atoms with Crippen LogP contribution in [0.1, 0.15) is 37.2 Å². The highest BCUT2D eigenvalue weighted by molar-refractivity contribution is 14.1. The summed E-state index contributed by atoms with van der Waals surface area (Å²) < 4.78 is 23.5. The van der Waals surface area contributed by atoms with Gasteiger partial charge in [0.15, 0.2) is 9.84 Å². The summed E-state index contributed by atoms with van der Waals surface area (Å²) in [6.45, 7) is 2.03. The van der Waals surface area contributed by atoms with Crippen molar-refractivity contribution in [3.63, 3.8) is 0 Å².